The van der Waals surface area contributed by atoms with Crippen LogP contribution in [0, 0.1) is 0 Å². The summed E-state index contributed by atoms with van der Waals surface area (Å²) in [6.45, 7) is 8.97. The normalized spacial score (nSPS) is 13.5. The molecule has 0 amide bonds. The number of unbranched alkanes of at least 4 members (excludes halogenated alkanes) is 28. The number of hydrogen-bond acceptors (Lipinski definition) is 6. The standard InChI is InChI=1S/C45H90NO7P/c1-7-9-11-13-15-17-19-21-23-25-27-29-31-33-35-37-43(3)53-44(42-52-54(48,49)51-40-39-46(4,5)6)41-50-45(47)38-36-34-32-30-28-26-24-22-20-18-16-14-12-10-8-2/h44H,3,7-42H2,1-2,4-6H3/p+1/t44-/m1/s1. The molecule has 0 spiro atoms. The van der Waals surface area contributed by atoms with Gasteiger partial charge in [0.05, 0.1) is 33.5 Å². The summed E-state index contributed by atoms with van der Waals surface area (Å²) in [6, 6.07) is 0. The van der Waals surface area contributed by atoms with Crippen molar-refractivity contribution < 1.29 is 37.3 Å². The van der Waals surface area contributed by atoms with Crippen molar-refractivity contribution in [1.29, 1.82) is 0 Å². The Morgan fingerprint density at radius 3 is 1.28 bits per heavy atom. The SMILES string of the molecule is C=C(CCCCCCCCCCCCCCCCC)O[C@H](COC(=O)CCCCCCCCCCCCCCCCC)COP(=O)(O)OCC[N+](C)(C)C. The van der Waals surface area contributed by atoms with Gasteiger partial charge in [0.15, 0.2) is 6.10 Å². The zero-order valence-electron chi connectivity index (χ0n) is 36.5. The minimum atomic E-state index is -4.28. The van der Waals surface area contributed by atoms with Crippen LogP contribution in [-0.2, 0) is 27.9 Å². The third-order valence-electron chi connectivity index (χ3n) is 10.2. The van der Waals surface area contributed by atoms with Gasteiger partial charge in [0, 0.05) is 12.8 Å². The predicted molar refractivity (Wildman–Crippen MR) is 229 cm³/mol. The van der Waals surface area contributed by atoms with Crippen LogP contribution in [0.25, 0.3) is 0 Å². The van der Waals surface area contributed by atoms with Crippen molar-refractivity contribution in [1.82, 2.24) is 0 Å². The van der Waals surface area contributed by atoms with Gasteiger partial charge in [-0.25, -0.2) is 4.57 Å². The molecule has 0 aromatic carbocycles. The minimum absolute atomic E-state index is 0.0612. The van der Waals surface area contributed by atoms with Crippen LogP contribution in [0.2, 0.25) is 0 Å². The van der Waals surface area contributed by atoms with Gasteiger partial charge in [-0.15, -0.1) is 0 Å². The molecule has 322 valence electrons. The largest absolute Gasteiger partial charge is 0.489 e. The van der Waals surface area contributed by atoms with E-state index in [2.05, 4.69) is 20.4 Å². The number of phosphoric ester groups is 1. The lowest BCUT2D eigenvalue weighted by Gasteiger charge is -2.24. The van der Waals surface area contributed by atoms with Gasteiger partial charge < -0.3 is 18.9 Å². The third kappa shape index (κ3) is 40.7. The Kier molecular flexibility index (Phi) is 37.0. The van der Waals surface area contributed by atoms with Crippen LogP contribution < -0.4 is 0 Å². The van der Waals surface area contributed by atoms with Gasteiger partial charge in [0.2, 0.25) is 0 Å². The molecule has 1 unspecified atom stereocenters. The molecule has 0 saturated heterocycles. The summed E-state index contributed by atoms with van der Waals surface area (Å²) in [5, 5.41) is 0. The summed E-state index contributed by atoms with van der Waals surface area (Å²) in [7, 11) is 1.66. The monoisotopic (exact) mass is 789 g/mol. The molecule has 0 fully saturated rings. The second-order valence-electron chi connectivity index (χ2n) is 17.0. The molecular formula is C45H91NO7P+. The summed E-state index contributed by atoms with van der Waals surface area (Å²) >= 11 is 0. The number of ether oxygens (including phenoxy) is 2. The van der Waals surface area contributed by atoms with E-state index in [0.717, 1.165) is 32.1 Å². The number of allylic oxidation sites excluding steroid dienone is 1. The maximum Gasteiger partial charge on any atom is 0.472 e. The summed E-state index contributed by atoms with van der Waals surface area (Å²) in [5.41, 5.74) is 0. The molecule has 0 saturated carbocycles. The molecule has 0 aromatic heterocycles. The van der Waals surface area contributed by atoms with Crippen LogP contribution >= 0.6 is 7.82 Å². The lowest BCUT2D eigenvalue weighted by atomic mass is 10.0. The average Bonchev–Trinajstić information content (AvgIpc) is 3.12. The van der Waals surface area contributed by atoms with Crippen molar-refractivity contribution in [2.45, 2.75) is 225 Å². The highest BCUT2D eigenvalue weighted by Crippen LogP contribution is 2.43. The molecule has 0 radical (unpaired) electrons. The lowest BCUT2D eigenvalue weighted by molar-refractivity contribution is -0.870. The van der Waals surface area contributed by atoms with Crippen LogP contribution in [0.3, 0.4) is 0 Å². The Bertz CT molecular complexity index is 894. The molecule has 0 aliphatic carbocycles. The lowest BCUT2D eigenvalue weighted by Crippen LogP contribution is -2.37. The Morgan fingerprint density at radius 2 is 0.907 bits per heavy atom. The number of hydrogen-bond donors (Lipinski definition) is 1. The number of phosphoric acid groups is 1. The average molecular weight is 789 g/mol. The summed E-state index contributed by atoms with van der Waals surface area (Å²) in [6.07, 6.45) is 39.1. The molecule has 0 heterocycles. The van der Waals surface area contributed by atoms with Crippen LogP contribution in [0.1, 0.15) is 219 Å². The van der Waals surface area contributed by atoms with Gasteiger partial charge in [0.25, 0.3) is 0 Å². The molecule has 0 aromatic rings. The number of carbonyl (C=O) groups excluding carboxylic acids is 1. The first kappa shape index (κ1) is 53.1. The van der Waals surface area contributed by atoms with Gasteiger partial charge in [0.1, 0.15) is 19.8 Å². The number of rotatable bonds is 43. The van der Waals surface area contributed by atoms with E-state index in [9.17, 15) is 14.3 Å². The molecule has 0 aliphatic heterocycles. The first-order valence-corrected chi connectivity index (χ1v) is 24.4. The van der Waals surface area contributed by atoms with Gasteiger partial charge >= 0.3 is 13.8 Å². The molecule has 0 aliphatic rings. The zero-order chi connectivity index (χ0) is 40.0. The molecule has 54 heavy (non-hydrogen) atoms. The first-order chi connectivity index (χ1) is 26.0. The Labute approximate surface area is 335 Å². The van der Waals surface area contributed by atoms with Crippen LogP contribution in [0.4, 0.5) is 0 Å². The van der Waals surface area contributed by atoms with E-state index in [1.54, 1.807) is 0 Å². The minimum Gasteiger partial charge on any atom is -0.489 e. The maximum atomic E-state index is 12.6. The summed E-state index contributed by atoms with van der Waals surface area (Å²) < 4.78 is 35.2. The molecule has 2 atom stereocenters. The Hall–Kier alpha value is -0.920. The van der Waals surface area contributed by atoms with Crippen LogP contribution in [0.5, 0.6) is 0 Å². The van der Waals surface area contributed by atoms with Crippen LogP contribution in [-0.4, -0.2) is 69.0 Å². The van der Waals surface area contributed by atoms with E-state index in [1.807, 2.05) is 21.1 Å². The van der Waals surface area contributed by atoms with Crippen molar-refractivity contribution in [3.05, 3.63) is 12.3 Å². The Balaban J connectivity index is 4.30. The Morgan fingerprint density at radius 1 is 0.556 bits per heavy atom. The first-order valence-electron chi connectivity index (χ1n) is 22.9. The topological polar surface area (TPSA) is 91.3 Å². The maximum absolute atomic E-state index is 12.6. The van der Waals surface area contributed by atoms with E-state index in [1.165, 1.54) is 161 Å². The molecule has 0 bridgehead atoms. The van der Waals surface area contributed by atoms with Crippen molar-refractivity contribution in [2.75, 3.05) is 47.5 Å². The zero-order valence-corrected chi connectivity index (χ0v) is 37.4. The van der Waals surface area contributed by atoms with Crippen molar-refractivity contribution >= 4 is 13.8 Å². The number of likely N-dealkylation sites (N-methyl/N-ethyl adjacent to an activating group) is 1. The smallest absolute Gasteiger partial charge is 0.472 e. The predicted octanol–water partition coefficient (Wildman–Crippen LogP) is 13.8. The van der Waals surface area contributed by atoms with Crippen LogP contribution in [0.15, 0.2) is 12.3 Å². The highest BCUT2D eigenvalue weighted by atomic mass is 31.2. The fourth-order valence-corrected chi connectivity index (χ4v) is 7.39. The highest BCUT2D eigenvalue weighted by Gasteiger charge is 2.26. The van der Waals surface area contributed by atoms with Gasteiger partial charge in [-0.05, 0) is 12.8 Å². The number of esters is 1. The summed E-state index contributed by atoms with van der Waals surface area (Å²) in [5.74, 6) is 0.299. The molecule has 8 nitrogen and oxygen atoms in total. The quantitative estimate of drug-likeness (QED) is 0.0216. The van der Waals surface area contributed by atoms with Gasteiger partial charge in [-0.2, -0.15) is 0 Å². The fourth-order valence-electron chi connectivity index (χ4n) is 6.65. The molecule has 1 N–H and O–H groups in total. The second kappa shape index (κ2) is 37.6. The van der Waals surface area contributed by atoms with E-state index in [4.69, 9.17) is 18.5 Å². The number of nitrogens with zero attached hydrogens (tertiary/aromatic N) is 1. The number of quaternary nitrogens is 1. The number of carbonyl (C=O) groups is 1. The molecule has 0 rings (SSSR count). The van der Waals surface area contributed by atoms with E-state index in [-0.39, 0.29) is 25.8 Å². The molecular weight excluding hydrogens is 697 g/mol. The highest BCUT2D eigenvalue weighted by molar-refractivity contribution is 7.47. The van der Waals surface area contributed by atoms with E-state index >= 15 is 0 Å². The van der Waals surface area contributed by atoms with Crippen molar-refractivity contribution in [3.8, 4) is 0 Å². The van der Waals surface area contributed by atoms with E-state index < -0.39 is 13.9 Å². The third-order valence-corrected chi connectivity index (χ3v) is 11.2. The van der Waals surface area contributed by atoms with Gasteiger partial charge in [-0.1, -0.05) is 200 Å². The van der Waals surface area contributed by atoms with Gasteiger partial charge in [-0.3, -0.25) is 13.8 Å². The second-order valence-corrected chi connectivity index (χ2v) is 18.4. The summed E-state index contributed by atoms with van der Waals surface area (Å²) in [4.78, 5) is 22.8. The fraction of sp³-hybridized carbons (Fsp3) is 0.933. The van der Waals surface area contributed by atoms with Crippen molar-refractivity contribution in [2.24, 2.45) is 0 Å². The van der Waals surface area contributed by atoms with Crippen molar-refractivity contribution in [3.63, 3.8) is 0 Å². The van der Waals surface area contributed by atoms with E-state index in [0.29, 0.717) is 29.6 Å². The molecule has 9 heteroatoms.